The summed E-state index contributed by atoms with van der Waals surface area (Å²) in [5.74, 6) is -0.919. The third kappa shape index (κ3) is 20.2. The Hall–Kier alpha value is -6.60. The van der Waals surface area contributed by atoms with Gasteiger partial charge in [-0.25, -0.2) is 14.4 Å². The number of methoxy groups -OCH3 is 1. The van der Waals surface area contributed by atoms with Crippen molar-refractivity contribution in [3.8, 4) is 0 Å². The summed E-state index contributed by atoms with van der Waals surface area (Å²) in [5.41, 5.74) is 5.92. The van der Waals surface area contributed by atoms with Crippen molar-refractivity contribution in [2.24, 2.45) is 5.92 Å². The Bertz CT molecular complexity index is 2870. The average Bonchev–Trinajstić information content (AvgIpc) is 2.38. The van der Waals surface area contributed by atoms with Crippen molar-refractivity contribution in [3.05, 3.63) is 144 Å². The van der Waals surface area contributed by atoms with Crippen molar-refractivity contribution in [2.45, 2.75) is 142 Å². The van der Waals surface area contributed by atoms with Gasteiger partial charge in [-0.3, -0.25) is 14.8 Å². The van der Waals surface area contributed by atoms with Crippen molar-refractivity contribution in [2.75, 3.05) is 82.5 Å². The van der Waals surface area contributed by atoms with Crippen LogP contribution in [0.3, 0.4) is 0 Å². The number of piperazine rings is 2. The number of rotatable bonds is 18. The second-order valence-electron chi connectivity index (χ2n) is 25.3. The van der Waals surface area contributed by atoms with Crippen LogP contribution in [0.25, 0.3) is 0 Å². The Balaban J connectivity index is 0.000000234. The normalized spacial score (nSPS) is 19.8. The molecule has 0 aromatic heterocycles. The van der Waals surface area contributed by atoms with Crippen LogP contribution in [0.2, 0.25) is 36.3 Å². The molecule has 0 spiro atoms. The fraction of sp³-hybridized carbons (Fsp3) is 0.523. The number of aliphatic hydroxyl groups is 1. The highest BCUT2D eigenvalue weighted by molar-refractivity contribution is 6.74. The highest BCUT2D eigenvalue weighted by atomic mass is 28.4. The number of hydrogen-bond acceptors (Lipinski definition) is 16. The number of carbonyl (C=O) groups is 4. The molecule has 21 heteroatoms. The molecule has 4 fully saturated rings. The monoisotopic (exact) mass is 1220 g/mol. The Morgan fingerprint density at radius 2 is 1.15 bits per heavy atom. The zero-order chi connectivity index (χ0) is 62.8. The lowest BCUT2D eigenvalue weighted by atomic mass is 9.93. The lowest BCUT2D eigenvalue weighted by Crippen LogP contribution is -2.49. The van der Waals surface area contributed by atoms with Crippen LogP contribution >= 0.6 is 0 Å². The number of hydrogen-bond donors (Lipinski definition) is 2. The quantitative estimate of drug-likeness (QED) is 0.0140. The lowest BCUT2D eigenvalue weighted by molar-refractivity contribution is -0.783. The molecule has 4 aromatic carbocycles. The van der Waals surface area contributed by atoms with Gasteiger partial charge in [-0.05, 0) is 95.8 Å². The van der Waals surface area contributed by atoms with Crippen LogP contribution in [0.1, 0.15) is 77.6 Å². The smallest absolute Gasteiger partial charge is 0.410 e. The summed E-state index contributed by atoms with van der Waals surface area (Å²) in [7, 11) is -2.33. The van der Waals surface area contributed by atoms with Gasteiger partial charge in [0.1, 0.15) is 31.5 Å². The van der Waals surface area contributed by atoms with Crippen LogP contribution in [-0.2, 0) is 68.5 Å². The molecule has 0 bridgehead atoms. The molecular weight excluding hydrogens is 1130 g/mol. The van der Waals surface area contributed by atoms with E-state index in [0.29, 0.717) is 72.1 Å². The molecule has 2 N–H and O–H groups in total. The van der Waals surface area contributed by atoms with Crippen molar-refractivity contribution < 1.29 is 66.9 Å². The molecule has 4 saturated heterocycles. The van der Waals surface area contributed by atoms with Gasteiger partial charge in [-0.1, -0.05) is 139 Å². The maximum Gasteiger partial charge on any atom is 0.410 e. The zero-order valence-electron chi connectivity index (χ0n) is 53.0. The standard InChI is InChI=1S/C32H45N3O6Si.C22H26N3O5.C11H24O2Si/c1-23-28-27(22-39-42(5,6)32(2,3)4)41-35(29(28)30(36)40-23)20-25-13-10-14-26(19-25)33-15-17-34(18-16-33)31(37)38-21-24-11-8-7-9-12-24;1-29-21(26)16-25(28)15-19-8-5-9-20(14-19)23-10-12-24(13-11-23)22(27)30-17-18-6-3-2-4-7-18;1-10(12)8-7-9-13-14(5,6)11(2,3)4/h7-14,19,23,27-29H,15-18,20-22H2,1-6H3;2-9,14,16,28H,10-13,15,17H2,1H3;7-8,10,12H,9H2,1-6H3/q;+1;/b;25-16-;8-7-/t23-,27-,28+,29-;;10-/m0.0/s1. The van der Waals surface area contributed by atoms with E-state index in [9.17, 15) is 24.4 Å². The van der Waals surface area contributed by atoms with Gasteiger partial charge >= 0.3 is 24.1 Å². The molecule has 8 rings (SSSR count). The molecule has 470 valence electrons. The first-order valence-corrected chi connectivity index (χ1v) is 35.7. The first-order chi connectivity index (χ1) is 40.6. The molecule has 4 heterocycles. The number of nitrogens with zero attached hydrogens (tertiary/aromatic N) is 6. The number of amides is 2. The second-order valence-corrected chi connectivity index (χ2v) is 34.9. The van der Waals surface area contributed by atoms with Gasteiger partial charge in [0.2, 0.25) is 6.54 Å². The van der Waals surface area contributed by atoms with Gasteiger partial charge in [0, 0.05) is 69.3 Å². The van der Waals surface area contributed by atoms with Gasteiger partial charge in [-0.2, -0.15) is 5.06 Å². The number of hydroxylamine groups is 3. The van der Waals surface area contributed by atoms with Gasteiger partial charge in [0.15, 0.2) is 16.6 Å². The van der Waals surface area contributed by atoms with E-state index in [1.165, 1.54) is 7.11 Å². The minimum atomic E-state index is -1.97. The summed E-state index contributed by atoms with van der Waals surface area (Å²) in [6.07, 6.45) is 3.23. The van der Waals surface area contributed by atoms with Gasteiger partial charge in [0.25, 0.3) is 6.21 Å². The van der Waals surface area contributed by atoms with Gasteiger partial charge in [0.05, 0.1) is 38.9 Å². The second kappa shape index (κ2) is 31.4. The maximum absolute atomic E-state index is 12.9. The molecule has 0 radical (unpaired) electrons. The van der Waals surface area contributed by atoms with Crippen molar-refractivity contribution in [1.82, 2.24) is 14.9 Å². The first-order valence-electron chi connectivity index (χ1n) is 29.9. The SMILES string of the molecule is COC(=O)/C=[N+](\O)Cc1cccc(N2CCN(C(=O)OCc3ccccc3)CC2)c1.C[C@@H]1OC(=O)[C@@H]2[C@H]1[C@H](CO[Si](C)(C)C(C)(C)C)ON2Cc1cccc(N2CCN(C(=O)OCc3ccccc3)CC2)c1.C[C@H](O)/C=C\CO[Si](C)(C)C(C)(C)C. The molecular formula is C65H95N6O13Si2+. The fourth-order valence-corrected chi connectivity index (χ4v) is 11.5. The minimum absolute atomic E-state index is 0.0693. The third-order valence-corrected chi connectivity index (χ3v) is 25.8. The number of aliphatic hydroxyl groups excluding tert-OH is 1. The number of cyclic esters (lactones) is 1. The fourth-order valence-electron chi connectivity index (χ4n) is 9.59. The maximum atomic E-state index is 12.9. The molecule has 19 nitrogen and oxygen atoms in total. The molecule has 5 atom stereocenters. The molecule has 0 aliphatic carbocycles. The van der Waals surface area contributed by atoms with E-state index in [-0.39, 0.29) is 72.2 Å². The predicted octanol–water partition coefficient (Wildman–Crippen LogP) is 10.4. The lowest BCUT2D eigenvalue weighted by Gasteiger charge is -2.37. The molecule has 4 aliphatic rings. The molecule has 86 heavy (non-hydrogen) atoms. The minimum Gasteiger partial charge on any atom is -0.461 e. The summed E-state index contributed by atoms with van der Waals surface area (Å²) in [4.78, 5) is 63.3. The van der Waals surface area contributed by atoms with Crippen molar-refractivity contribution in [1.29, 1.82) is 0 Å². The van der Waals surface area contributed by atoms with Crippen molar-refractivity contribution in [3.63, 3.8) is 0 Å². The molecule has 4 aliphatic heterocycles. The molecule has 0 unspecified atom stereocenters. The third-order valence-electron chi connectivity index (χ3n) is 16.8. The van der Waals surface area contributed by atoms with E-state index in [1.807, 2.05) is 104 Å². The summed E-state index contributed by atoms with van der Waals surface area (Å²) in [6.45, 7) is 33.3. The Kier molecular flexibility index (Phi) is 25.0. The number of anilines is 2. The van der Waals surface area contributed by atoms with Crippen LogP contribution in [0.15, 0.2) is 121 Å². The number of benzene rings is 4. The van der Waals surface area contributed by atoms with Gasteiger partial charge in [-0.15, -0.1) is 0 Å². The number of ether oxygens (including phenoxy) is 4. The number of esters is 2. The molecule has 2 amide bonds. The summed E-state index contributed by atoms with van der Waals surface area (Å²) < 4.78 is 34.3. The largest absolute Gasteiger partial charge is 0.461 e. The van der Waals surface area contributed by atoms with Crippen molar-refractivity contribution >= 4 is 58.3 Å². The van der Waals surface area contributed by atoms with E-state index in [2.05, 4.69) is 100 Å². The highest BCUT2D eigenvalue weighted by Gasteiger charge is 2.57. The summed E-state index contributed by atoms with van der Waals surface area (Å²) >= 11 is 0. The molecule has 4 aromatic rings. The van der Waals surface area contributed by atoms with Crippen LogP contribution in [0.5, 0.6) is 0 Å². The van der Waals surface area contributed by atoms with E-state index in [0.717, 1.165) is 44.6 Å². The first kappa shape index (κ1) is 68.5. The van der Waals surface area contributed by atoms with Gasteiger partial charge < -0.3 is 52.5 Å². The van der Waals surface area contributed by atoms with Crippen LogP contribution < -0.4 is 9.80 Å². The number of carbonyl (C=O) groups excluding carboxylic acids is 4. The topological polar surface area (TPSA) is 193 Å². The van der Waals surface area contributed by atoms with Crippen LogP contribution in [0, 0.1) is 5.92 Å². The van der Waals surface area contributed by atoms with Crippen LogP contribution in [0.4, 0.5) is 21.0 Å². The highest BCUT2D eigenvalue weighted by Crippen LogP contribution is 2.42. The summed E-state index contributed by atoms with van der Waals surface area (Å²) in [6, 6.07) is 34.9. The Morgan fingerprint density at radius 3 is 1.63 bits per heavy atom. The molecule has 0 saturated carbocycles. The number of fused-ring (bicyclic) bond motifs is 1. The predicted molar refractivity (Wildman–Crippen MR) is 338 cm³/mol. The van der Waals surface area contributed by atoms with Crippen LogP contribution in [-0.4, -0.2) is 174 Å². The Morgan fingerprint density at radius 1 is 0.686 bits per heavy atom. The zero-order valence-corrected chi connectivity index (χ0v) is 55.0. The Labute approximate surface area is 512 Å². The van der Waals surface area contributed by atoms with E-state index < -0.39 is 28.6 Å². The van der Waals surface area contributed by atoms with E-state index in [4.69, 9.17) is 33.0 Å². The van der Waals surface area contributed by atoms with E-state index >= 15 is 0 Å². The van der Waals surface area contributed by atoms with E-state index in [1.54, 1.807) is 27.9 Å². The summed E-state index contributed by atoms with van der Waals surface area (Å²) in [5, 5.41) is 21.0. The average molecular weight is 1220 g/mol.